The van der Waals surface area contributed by atoms with Crippen molar-refractivity contribution in [3.63, 3.8) is 0 Å². The van der Waals surface area contributed by atoms with Gasteiger partial charge in [-0.2, -0.15) is 0 Å². The van der Waals surface area contributed by atoms with E-state index in [9.17, 15) is 13.2 Å². The zero-order chi connectivity index (χ0) is 20.9. The summed E-state index contributed by atoms with van der Waals surface area (Å²) in [6.45, 7) is 3.67. The zero-order valence-electron chi connectivity index (χ0n) is 16.4. The van der Waals surface area contributed by atoms with Crippen molar-refractivity contribution in [2.75, 3.05) is 10.8 Å². The molecule has 0 fully saturated rings. The maximum Gasteiger partial charge on any atom is 0.264 e. The molecule has 0 unspecified atom stereocenters. The number of nitrogens with zero attached hydrogens (tertiary/aromatic N) is 2. The van der Waals surface area contributed by atoms with Crippen molar-refractivity contribution in [1.29, 1.82) is 0 Å². The SMILES string of the molecule is Cc1ccc(S(=O)(=O)N(CC(=O)NCc2cccnc2)c2ccccc2C)cc1. The maximum absolute atomic E-state index is 13.3. The second kappa shape index (κ2) is 8.87. The molecule has 0 saturated heterocycles. The maximum atomic E-state index is 13.3. The summed E-state index contributed by atoms with van der Waals surface area (Å²) in [7, 11) is -3.91. The highest BCUT2D eigenvalue weighted by Gasteiger charge is 2.28. The van der Waals surface area contributed by atoms with E-state index in [1.165, 1.54) is 0 Å². The summed E-state index contributed by atoms with van der Waals surface area (Å²) < 4.78 is 27.8. The Kier molecular flexibility index (Phi) is 6.29. The van der Waals surface area contributed by atoms with Gasteiger partial charge in [-0.25, -0.2) is 8.42 Å². The summed E-state index contributed by atoms with van der Waals surface area (Å²) in [5.74, 6) is -0.396. The largest absolute Gasteiger partial charge is 0.350 e. The van der Waals surface area contributed by atoms with Gasteiger partial charge in [-0.1, -0.05) is 42.0 Å². The van der Waals surface area contributed by atoms with Crippen molar-refractivity contribution in [3.8, 4) is 0 Å². The Labute approximate surface area is 171 Å². The van der Waals surface area contributed by atoms with Crippen LogP contribution in [0.15, 0.2) is 78.0 Å². The van der Waals surface area contributed by atoms with E-state index >= 15 is 0 Å². The van der Waals surface area contributed by atoms with Gasteiger partial charge in [0.1, 0.15) is 6.54 Å². The smallest absolute Gasteiger partial charge is 0.264 e. The van der Waals surface area contributed by atoms with E-state index in [1.54, 1.807) is 54.9 Å². The molecule has 3 rings (SSSR count). The lowest BCUT2D eigenvalue weighted by Crippen LogP contribution is -2.41. The van der Waals surface area contributed by atoms with Crippen LogP contribution in [0.4, 0.5) is 5.69 Å². The Morgan fingerprint density at radius 1 is 1.00 bits per heavy atom. The van der Waals surface area contributed by atoms with Gasteiger partial charge in [-0.15, -0.1) is 0 Å². The number of carbonyl (C=O) groups excluding carboxylic acids is 1. The highest BCUT2D eigenvalue weighted by molar-refractivity contribution is 7.92. The third-order valence-corrected chi connectivity index (χ3v) is 6.27. The second-order valence-electron chi connectivity index (χ2n) is 6.75. The first kappa shape index (κ1) is 20.5. The van der Waals surface area contributed by atoms with Crippen molar-refractivity contribution in [2.24, 2.45) is 0 Å². The number of aryl methyl sites for hydroxylation is 2. The van der Waals surface area contributed by atoms with Crippen LogP contribution in [0.25, 0.3) is 0 Å². The summed E-state index contributed by atoms with van der Waals surface area (Å²) in [4.78, 5) is 16.8. The Balaban J connectivity index is 1.88. The van der Waals surface area contributed by atoms with Crippen LogP contribution in [0.5, 0.6) is 0 Å². The average Bonchev–Trinajstić information content (AvgIpc) is 2.72. The molecule has 0 saturated carbocycles. The number of aromatic nitrogens is 1. The molecule has 1 heterocycles. The molecule has 2 aromatic carbocycles. The van der Waals surface area contributed by atoms with Crippen LogP contribution in [0, 0.1) is 13.8 Å². The Hall–Kier alpha value is -3.19. The van der Waals surface area contributed by atoms with Crippen molar-refractivity contribution in [2.45, 2.75) is 25.3 Å². The fourth-order valence-corrected chi connectivity index (χ4v) is 4.36. The third-order valence-electron chi connectivity index (χ3n) is 4.49. The molecule has 0 atom stereocenters. The van der Waals surface area contributed by atoms with Crippen LogP contribution < -0.4 is 9.62 Å². The van der Waals surface area contributed by atoms with E-state index in [4.69, 9.17) is 0 Å². The monoisotopic (exact) mass is 409 g/mol. The van der Waals surface area contributed by atoms with Gasteiger partial charge >= 0.3 is 0 Å². The molecular weight excluding hydrogens is 386 g/mol. The summed E-state index contributed by atoms with van der Waals surface area (Å²) in [5.41, 5.74) is 3.04. The molecule has 3 aromatic rings. The summed E-state index contributed by atoms with van der Waals surface area (Å²) in [6.07, 6.45) is 3.31. The van der Waals surface area contributed by atoms with Gasteiger partial charge in [0, 0.05) is 18.9 Å². The van der Waals surface area contributed by atoms with Crippen molar-refractivity contribution in [1.82, 2.24) is 10.3 Å². The number of benzene rings is 2. The van der Waals surface area contributed by atoms with Crippen LogP contribution >= 0.6 is 0 Å². The Bertz CT molecular complexity index is 1080. The standard InChI is InChI=1S/C22H23N3O3S/c1-17-9-11-20(12-10-17)29(27,28)25(21-8-4-3-6-18(21)2)16-22(26)24-15-19-7-5-13-23-14-19/h3-14H,15-16H2,1-2H3,(H,24,26). The Morgan fingerprint density at radius 2 is 1.72 bits per heavy atom. The lowest BCUT2D eigenvalue weighted by atomic mass is 10.2. The minimum atomic E-state index is -3.91. The van der Waals surface area contributed by atoms with Gasteiger partial charge < -0.3 is 5.32 Å². The number of carbonyl (C=O) groups is 1. The first-order valence-electron chi connectivity index (χ1n) is 9.18. The van der Waals surface area contributed by atoms with E-state index in [-0.39, 0.29) is 18.0 Å². The summed E-state index contributed by atoms with van der Waals surface area (Å²) in [6, 6.07) is 17.3. The molecule has 7 heteroatoms. The number of hydrogen-bond acceptors (Lipinski definition) is 4. The molecule has 29 heavy (non-hydrogen) atoms. The predicted molar refractivity (Wildman–Crippen MR) is 113 cm³/mol. The van der Waals surface area contributed by atoms with Gasteiger partial charge in [0.2, 0.25) is 5.91 Å². The van der Waals surface area contributed by atoms with Crippen molar-refractivity contribution < 1.29 is 13.2 Å². The second-order valence-corrected chi connectivity index (χ2v) is 8.61. The Morgan fingerprint density at radius 3 is 2.38 bits per heavy atom. The van der Waals surface area contributed by atoms with Gasteiger partial charge in [0.15, 0.2) is 0 Å². The molecule has 0 radical (unpaired) electrons. The van der Waals surface area contributed by atoms with E-state index in [1.807, 2.05) is 32.0 Å². The number of rotatable bonds is 7. The first-order chi connectivity index (χ1) is 13.9. The van der Waals surface area contributed by atoms with E-state index in [0.29, 0.717) is 5.69 Å². The molecular formula is C22H23N3O3S. The lowest BCUT2D eigenvalue weighted by Gasteiger charge is -2.25. The molecule has 0 spiro atoms. The molecule has 0 aliphatic carbocycles. The number of pyridine rings is 1. The van der Waals surface area contributed by atoms with Crippen LogP contribution in [-0.2, 0) is 21.4 Å². The van der Waals surface area contributed by atoms with Gasteiger partial charge in [-0.05, 0) is 49.2 Å². The summed E-state index contributed by atoms with van der Waals surface area (Å²) >= 11 is 0. The fourth-order valence-electron chi connectivity index (χ4n) is 2.87. The molecule has 1 aromatic heterocycles. The van der Waals surface area contributed by atoms with Gasteiger partial charge in [0.25, 0.3) is 10.0 Å². The van der Waals surface area contributed by atoms with E-state index < -0.39 is 15.9 Å². The molecule has 1 amide bonds. The quantitative estimate of drug-likeness (QED) is 0.650. The molecule has 0 aliphatic rings. The van der Waals surface area contributed by atoms with Crippen LogP contribution in [0.1, 0.15) is 16.7 Å². The lowest BCUT2D eigenvalue weighted by molar-refractivity contribution is -0.119. The minimum absolute atomic E-state index is 0.145. The predicted octanol–water partition coefficient (Wildman–Crippen LogP) is 3.21. The van der Waals surface area contributed by atoms with Crippen LogP contribution in [0.3, 0.4) is 0 Å². The first-order valence-corrected chi connectivity index (χ1v) is 10.6. The molecule has 6 nitrogen and oxygen atoms in total. The van der Waals surface area contributed by atoms with Gasteiger partial charge in [0.05, 0.1) is 10.6 Å². The van der Waals surface area contributed by atoms with E-state index in [0.717, 1.165) is 21.0 Å². The average molecular weight is 410 g/mol. The van der Waals surface area contributed by atoms with Crippen molar-refractivity contribution >= 4 is 21.6 Å². The third kappa shape index (κ3) is 5.00. The number of hydrogen-bond donors (Lipinski definition) is 1. The number of anilines is 1. The zero-order valence-corrected chi connectivity index (χ0v) is 17.2. The van der Waals surface area contributed by atoms with Crippen LogP contribution in [-0.4, -0.2) is 25.9 Å². The highest BCUT2D eigenvalue weighted by atomic mass is 32.2. The molecule has 1 N–H and O–H groups in total. The molecule has 150 valence electrons. The molecule has 0 bridgehead atoms. The van der Waals surface area contributed by atoms with Gasteiger partial charge in [-0.3, -0.25) is 14.1 Å². The highest BCUT2D eigenvalue weighted by Crippen LogP contribution is 2.26. The number of sulfonamides is 1. The normalized spacial score (nSPS) is 11.1. The van der Waals surface area contributed by atoms with Crippen molar-refractivity contribution in [3.05, 3.63) is 89.7 Å². The topological polar surface area (TPSA) is 79.4 Å². The van der Waals surface area contributed by atoms with E-state index in [2.05, 4.69) is 10.3 Å². The minimum Gasteiger partial charge on any atom is -0.350 e. The fraction of sp³-hybridized carbons (Fsp3) is 0.182. The number of nitrogens with one attached hydrogen (secondary N) is 1. The number of amides is 1. The van der Waals surface area contributed by atoms with Crippen LogP contribution in [0.2, 0.25) is 0 Å². The molecule has 0 aliphatic heterocycles. The summed E-state index contributed by atoms with van der Waals surface area (Å²) in [5, 5.41) is 2.77. The number of para-hydroxylation sites is 1.